The van der Waals surface area contributed by atoms with E-state index >= 15 is 0 Å². The maximum absolute atomic E-state index is 12.2. The molecule has 2 aromatic rings. The van der Waals surface area contributed by atoms with E-state index < -0.39 is 5.60 Å². The third kappa shape index (κ3) is 5.16. The summed E-state index contributed by atoms with van der Waals surface area (Å²) in [4.78, 5) is 13.1. The van der Waals surface area contributed by atoms with Crippen LogP contribution in [-0.2, 0) is 10.4 Å². The van der Waals surface area contributed by atoms with E-state index in [0.717, 1.165) is 16.1 Å². The van der Waals surface area contributed by atoms with Gasteiger partial charge in [0.15, 0.2) is 0 Å². The Labute approximate surface area is 147 Å². The number of benzene rings is 1. The van der Waals surface area contributed by atoms with Crippen LogP contribution in [0.25, 0.3) is 0 Å². The second kappa shape index (κ2) is 7.92. The molecule has 130 valence electrons. The molecule has 1 amide bonds. The van der Waals surface area contributed by atoms with Crippen LogP contribution < -0.4 is 10.6 Å². The maximum Gasteiger partial charge on any atom is 0.225 e. The highest BCUT2D eigenvalue weighted by Gasteiger charge is 2.24. The average molecular weight is 346 g/mol. The molecule has 1 heterocycles. The van der Waals surface area contributed by atoms with Crippen LogP contribution in [0.3, 0.4) is 0 Å². The van der Waals surface area contributed by atoms with Crippen LogP contribution in [0.5, 0.6) is 0 Å². The van der Waals surface area contributed by atoms with Gasteiger partial charge in [0.2, 0.25) is 5.91 Å². The van der Waals surface area contributed by atoms with Crippen molar-refractivity contribution in [1.82, 2.24) is 5.32 Å². The molecule has 2 atom stereocenters. The van der Waals surface area contributed by atoms with Crippen molar-refractivity contribution < 1.29 is 9.90 Å². The fraction of sp³-hybridized carbons (Fsp3) is 0.421. The molecule has 0 unspecified atom stereocenters. The highest BCUT2D eigenvalue weighted by molar-refractivity contribution is 7.10. The molecule has 0 aliphatic rings. The first-order valence-electron chi connectivity index (χ1n) is 8.15. The smallest absolute Gasteiger partial charge is 0.225 e. The monoisotopic (exact) mass is 346 g/mol. The number of aryl methyl sites for hydroxylation is 2. The summed E-state index contributed by atoms with van der Waals surface area (Å²) >= 11 is 1.53. The Morgan fingerprint density at radius 3 is 2.71 bits per heavy atom. The van der Waals surface area contributed by atoms with Crippen LogP contribution in [0.2, 0.25) is 0 Å². The molecule has 0 aliphatic carbocycles. The van der Waals surface area contributed by atoms with Gasteiger partial charge in [-0.05, 0) is 50.8 Å². The number of hydrogen-bond acceptors (Lipinski definition) is 4. The Bertz CT molecular complexity index is 681. The highest BCUT2D eigenvalue weighted by atomic mass is 32.1. The van der Waals surface area contributed by atoms with Gasteiger partial charge in [0.05, 0.1) is 0 Å². The van der Waals surface area contributed by atoms with Crippen LogP contribution in [-0.4, -0.2) is 23.6 Å². The van der Waals surface area contributed by atoms with Gasteiger partial charge in [-0.2, -0.15) is 0 Å². The molecular weight excluding hydrogens is 320 g/mol. The number of hydrogen-bond donors (Lipinski definition) is 3. The summed E-state index contributed by atoms with van der Waals surface area (Å²) in [6.45, 7) is 8.17. The van der Waals surface area contributed by atoms with Gasteiger partial charge in [-0.3, -0.25) is 4.79 Å². The molecule has 24 heavy (non-hydrogen) atoms. The predicted octanol–water partition coefficient (Wildman–Crippen LogP) is 3.58. The lowest BCUT2D eigenvalue weighted by Gasteiger charge is -2.25. The zero-order valence-corrected chi connectivity index (χ0v) is 15.5. The first-order chi connectivity index (χ1) is 11.3. The number of rotatable bonds is 7. The van der Waals surface area contributed by atoms with Gasteiger partial charge in [0.1, 0.15) is 5.60 Å². The molecular formula is C19H26N2O2S. The lowest BCUT2D eigenvalue weighted by Crippen LogP contribution is -2.40. The van der Waals surface area contributed by atoms with Crippen molar-refractivity contribution in [2.75, 3.05) is 11.9 Å². The van der Waals surface area contributed by atoms with E-state index in [1.54, 1.807) is 6.92 Å². The normalized spacial score (nSPS) is 14.9. The van der Waals surface area contributed by atoms with Crippen LogP contribution in [0.4, 0.5) is 5.69 Å². The van der Waals surface area contributed by atoms with Crippen LogP contribution in [0.15, 0.2) is 35.7 Å². The summed E-state index contributed by atoms with van der Waals surface area (Å²) in [6.07, 6.45) is 0.355. The summed E-state index contributed by atoms with van der Waals surface area (Å²) in [5.74, 6) is -0.0299. The molecule has 3 N–H and O–H groups in total. The minimum atomic E-state index is -0.924. The van der Waals surface area contributed by atoms with Gasteiger partial charge >= 0.3 is 0 Å². The van der Waals surface area contributed by atoms with E-state index in [1.807, 2.05) is 50.4 Å². The summed E-state index contributed by atoms with van der Waals surface area (Å²) in [6, 6.07) is 9.79. The Hall–Kier alpha value is -1.69. The van der Waals surface area contributed by atoms with Gasteiger partial charge in [-0.1, -0.05) is 23.8 Å². The second-order valence-electron chi connectivity index (χ2n) is 6.60. The molecule has 0 fully saturated rings. The third-order valence-corrected chi connectivity index (χ3v) is 5.12. The van der Waals surface area contributed by atoms with Gasteiger partial charge < -0.3 is 15.7 Å². The van der Waals surface area contributed by atoms with Gasteiger partial charge in [-0.15, -0.1) is 11.3 Å². The van der Waals surface area contributed by atoms with Crippen molar-refractivity contribution in [3.63, 3.8) is 0 Å². The average Bonchev–Trinajstić information content (AvgIpc) is 3.03. The van der Waals surface area contributed by atoms with Crippen molar-refractivity contribution in [2.45, 2.75) is 45.8 Å². The quantitative estimate of drug-likeness (QED) is 0.718. The summed E-state index contributed by atoms with van der Waals surface area (Å²) in [5, 5.41) is 18.7. The predicted molar refractivity (Wildman–Crippen MR) is 101 cm³/mol. The van der Waals surface area contributed by atoms with E-state index in [0.29, 0.717) is 13.0 Å². The second-order valence-corrected chi connectivity index (χ2v) is 7.55. The number of carbonyl (C=O) groups is 1. The number of carbonyl (C=O) groups excluding carboxylic acids is 1. The zero-order chi connectivity index (χ0) is 17.7. The number of anilines is 1. The summed E-state index contributed by atoms with van der Waals surface area (Å²) in [7, 11) is 0. The van der Waals surface area contributed by atoms with Crippen molar-refractivity contribution in [1.29, 1.82) is 0 Å². The molecule has 0 radical (unpaired) electrons. The molecule has 1 aromatic heterocycles. The fourth-order valence-electron chi connectivity index (χ4n) is 2.55. The van der Waals surface area contributed by atoms with Crippen molar-refractivity contribution >= 4 is 22.9 Å². The lowest BCUT2D eigenvalue weighted by molar-refractivity contribution is -0.116. The van der Waals surface area contributed by atoms with Crippen LogP contribution in [0.1, 0.15) is 36.3 Å². The number of amides is 1. The SMILES string of the molecule is Cc1ccc(NC(=O)C[C@@H](C)NC[C@](C)(O)c2cccs2)c(C)c1. The van der Waals surface area contributed by atoms with Crippen LogP contribution >= 0.6 is 11.3 Å². The molecule has 1 aromatic carbocycles. The van der Waals surface area contributed by atoms with E-state index in [2.05, 4.69) is 16.7 Å². The van der Waals surface area contributed by atoms with Crippen molar-refractivity contribution in [3.8, 4) is 0 Å². The zero-order valence-electron chi connectivity index (χ0n) is 14.7. The minimum Gasteiger partial charge on any atom is -0.383 e. The van der Waals surface area contributed by atoms with Crippen molar-refractivity contribution in [2.24, 2.45) is 0 Å². The summed E-state index contributed by atoms with van der Waals surface area (Å²) in [5.41, 5.74) is 2.16. The fourth-order valence-corrected chi connectivity index (χ4v) is 3.34. The van der Waals surface area contributed by atoms with E-state index in [9.17, 15) is 9.90 Å². The minimum absolute atomic E-state index is 0.0257. The third-order valence-electron chi connectivity index (χ3n) is 3.99. The Kier molecular flexibility index (Phi) is 6.15. The first kappa shape index (κ1) is 18.6. The van der Waals surface area contributed by atoms with Gasteiger partial charge in [-0.25, -0.2) is 0 Å². The summed E-state index contributed by atoms with van der Waals surface area (Å²) < 4.78 is 0. The number of thiophene rings is 1. The lowest BCUT2D eigenvalue weighted by atomic mass is 10.0. The Morgan fingerprint density at radius 1 is 1.33 bits per heavy atom. The molecule has 0 aliphatic heterocycles. The molecule has 0 spiro atoms. The van der Waals surface area contributed by atoms with E-state index in [1.165, 1.54) is 16.9 Å². The van der Waals surface area contributed by atoms with Crippen molar-refractivity contribution in [3.05, 3.63) is 51.7 Å². The topological polar surface area (TPSA) is 61.4 Å². The van der Waals surface area contributed by atoms with Gasteiger partial charge in [0, 0.05) is 29.6 Å². The maximum atomic E-state index is 12.2. The number of nitrogens with one attached hydrogen (secondary N) is 2. The Morgan fingerprint density at radius 2 is 2.08 bits per heavy atom. The molecule has 5 heteroatoms. The molecule has 0 saturated heterocycles. The van der Waals surface area contributed by atoms with Crippen LogP contribution in [0, 0.1) is 13.8 Å². The van der Waals surface area contributed by atoms with E-state index in [4.69, 9.17) is 0 Å². The first-order valence-corrected chi connectivity index (χ1v) is 9.03. The van der Waals surface area contributed by atoms with E-state index in [-0.39, 0.29) is 11.9 Å². The van der Waals surface area contributed by atoms with Gasteiger partial charge in [0.25, 0.3) is 0 Å². The molecule has 0 bridgehead atoms. The highest BCUT2D eigenvalue weighted by Crippen LogP contribution is 2.24. The largest absolute Gasteiger partial charge is 0.383 e. The Balaban J connectivity index is 1.83. The molecule has 4 nitrogen and oxygen atoms in total. The molecule has 2 rings (SSSR count). The molecule has 0 saturated carbocycles. The standard InChI is InChI=1S/C19H26N2O2S/c1-13-7-8-16(14(2)10-13)21-18(22)11-15(3)20-12-19(4,23)17-6-5-9-24-17/h5-10,15,20,23H,11-12H2,1-4H3,(H,21,22)/t15-,19+/m1/s1. The number of aliphatic hydroxyl groups is 1.